The molecule has 7 heteroatoms. The van der Waals surface area contributed by atoms with E-state index in [9.17, 15) is 14.4 Å². The van der Waals surface area contributed by atoms with E-state index >= 15 is 0 Å². The molecule has 3 rings (SSSR count). The number of nitrogens with one attached hydrogen (secondary N) is 2. The van der Waals surface area contributed by atoms with Gasteiger partial charge in [0.15, 0.2) is 6.10 Å². The van der Waals surface area contributed by atoms with E-state index in [2.05, 4.69) is 29.4 Å². The van der Waals surface area contributed by atoms with Crippen LogP contribution in [0.25, 0.3) is 10.8 Å². The fourth-order valence-corrected chi connectivity index (χ4v) is 3.23. The highest BCUT2D eigenvalue weighted by Crippen LogP contribution is 2.26. The molecule has 0 unspecified atom stereocenters. The second kappa shape index (κ2) is 9.35. The maximum atomic E-state index is 12.6. The van der Waals surface area contributed by atoms with E-state index in [0.717, 1.165) is 12.0 Å². The Kier molecular flexibility index (Phi) is 6.61. The van der Waals surface area contributed by atoms with Crippen molar-refractivity contribution in [2.45, 2.75) is 45.6 Å². The van der Waals surface area contributed by atoms with E-state index in [4.69, 9.17) is 4.74 Å². The second-order valence-electron chi connectivity index (χ2n) is 7.24. The van der Waals surface area contributed by atoms with E-state index < -0.39 is 18.0 Å². The minimum atomic E-state index is -0.975. The zero-order valence-electron chi connectivity index (χ0n) is 17.3. The second-order valence-corrected chi connectivity index (χ2v) is 7.24. The molecule has 2 atom stereocenters. The van der Waals surface area contributed by atoms with Gasteiger partial charge >= 0.3 is 5.97 Å². The third kappa shape index (κ3) is 4.74. The first kappa shape index (κ1) is 21.2. The van der Waals surface area contributed by atoms with E-state index in [1.807, 2.05) is 24.3 Å². The molecule has 1 amide bonds. The van der Waals surface area contributed by atoms with Gasteiger partial charge in [-0.05, 0) is 37.0 Å². The molecule has 0 radical (unpaired) electrons. The number of hydrogen-bond donors (Lipinski definition) is 2. The van der Waals surface area contributed by atoms with Gasteiger partial charge in [-0.1, -0.05) is 50.2 Å². The van der Waals surface area contributed by atoms with Gasteiger partial charge in [0.1, 0.15) is 0 Å². The third-order valence-electron chi connectivity index (χ3n) is 5.13. The number of hydrogen-bond acceptors (Lipinski definition) is 5. The highest BCUT2D eigenvalue weighted by atomic mass is 16.5. The van der Waals surface area contributed by atoms with Crippen LogP contribution in [0.1, 0.15) is 44.4 Å². The number of aromatic amines is 1. The first-order valence-electron chi connectivity index (χ1n) is 9.96. The third-order valence-corrected chi connectivity index (χ3v) is 5.13. The molecule has 156 valence electrons. The van der Waals surface area contributed by atoms with Crippen molar-refractivity contribution >= 4 is 28.3 Å². The minimum absolute atomic E-state index is 0.154. The predicted octanol–water partition coefficient (Wildman–Crippen LogP) is 3.55. The zero-order valence-corrected chi connectivity index (χ0v) is 17.3. The molecule has 0 fully saturated rings. The lowest BCUT2D eigenvalue weighted by atomic mass is 9.97. The maximum absolute atomic E-state index is 12.6. The van der Waals surface area contributed by atoms with Gasteiger partial charge in [-0.25, -0.2) is 5.10 Å². The van der Waals surface area contributed by atoms with Gasteiger partial charge < -0.3 is 10.1 Å². The summed E-state index contributed by atoms with van der Waals surface area (Å²) in [5.74, 6) is -0.713. The molecule has 0 bridgehead atoms. The van der Waals surface area contributed by atoms with Crippen LogP contribution in [-0.4, -0.2) is 28.2 Å². The van der Waals surface area contributed by atoms with Crippen molar-refractivity contribution in [3.8, 4) is 0 Å². The van der Waals surface area contributed by atoms with Crippen LogP contribution < -0.4 is 10.9 Å². The number of benzene rings is 2. The average Bonchev–Trinajstić information content (AvgIpc) is 2.75. The number of esters is 1. The molecular formula is C23H25N3O4. The van der Waals surface area contributed by atoms with Gasteiger partial charge in [-0.2, -0.15) is 5.10 Å². The molecule has 2 N–H and O–H groups in total. The summed E-state index contributed by atoms with van der Waals surface area (Å²) in [7, 11) is 0. The molecule has 0 aliphatic carbocycles. The van der Waals surface area contributed by atoms with Crippen LogP contribution in [0.15, 0.2) is 53.3 Å². The Morgan fingerprint density at radius 1 is 1.07 bits per heavy atom. The van der Waals surface area contributed by atoms with Gasteiger partial charge in [0.05, 0.1) is 17.5 Å². The smallest absolute Gasteiger partial charge is 0.312 e. The number of anilines is 1. The Morgan fingerprint density at radius 3 is 2.47 bits per heavy atom. The molecule has 0 saturated carbocycles. The van der Waals surface area contributed by atoms with Crippen LogP contribution in [0.4, 0.5) is 5.69 Å². The number of carbonyl (C=O) groups is 2. The number of aromatic nitrogens is 2. The van der Waals surface area contributed by atoms with Crippen molar-refractivity contribution in [3.63, 3.8) is 0 Å². The number of nitrogens with zero attached hydrogens (tertiary/aromatic N) is 1. The molecule has 1 heterocycles. The highest BCUT2D eigenvalue weighted by molar-refractivity contribution is 5.96. The summed E-state index contributed by atoms with van der Waals surface area (Å²) >= 11 is 0. The molecule has 2 aromatic carbocycles. The van der Waals surface area contributed by atoms with Crippen LogP contribution in [0.2, 0.25) is 0 Å². The van der Waals surface area contributed by atoms with Crippen molar-refractivity contribution in [2.75, 3.05) is 5.32 Å². The summed E-state index contributed by atoms with van der Waals surface area (Å²) in [4.78, 5) is 36.8. The molecule has 30 heavy (non-hydrogen) atoms. The van der Waals surface area contributed by atoms with Crippen LogP contribution in [0.3, 0.4) is 0 Å². The predicted molar refractivity (Wildman–Crippen MR) is 115 cm³/mol. The quantitative estimate of drug-likeness (QED) is 0.583. The largest absolute Gasteiger partial charge is 0.452 e. The van der Waals surface area contributed by atoms with E-state index in [1.54, 1.807) is 24.3 Å². The van der Waals surface area contributed by atoms with Gasteiger partial charge in [-0.3, -0.25) is 14.4 Å². The minimum Gasteiger partial charge on any atom is -0.452 e. The van der Waals surface area contributed by atoms with Gasteiger partial charge in [0, 0.05) is 11.1 Å². The Balaban J connectivity index is 1.68. The van der Waals surface area contributed by atoms with Gasteiger partial charge in [0.25, 0.3) is 11.5 Å². The first-order valence-corrected chi connectivity index (χ1v) is 9.96. The van der Waals surface area contributed by atoms with Gasteiger partial charge in [0.2, 0.25) is 0 Å². The number of ether oxygens (including phenoxy) is 1. The van der Waals surface area contributed by atoms with Crippen LogP contribution in [-0.2, 0) is 20.7 Å². The van der Waals surface area contributed by atoms with Gasteiger partial charge in [-0.15, -0.1) is 0 Å². The molecular weight excluding hydrogens is 382 g/mol. The lowest BCUT2D eigenvalue weighted by Gasteiger charge is -2.18. The number of carbonyl (C=O) groups excluding carboxylic acids is 2. The van der Waals surface area contributed by atoms with E-state index in [0.29, 0.717) is 28.1 Å². The van der Waals surface area contributed by atoms with Crippen molar-refractivity contribution in [1.29, 1.82) is 0 Å². The van der Waals surface area contributed by atoms with Crippen LogP contribution in [0, 0.1) is 0 Å². The number of fused-ring (bicyclic) bond motifs is 1. The molecule has 0 aliphatic rings. The molecule has 3 aromatic rings. The summed E-state index contributed by atoms with van der Waals surface area (Å²) in [5, 5.41) is 10.2. The Bertz CT molecular complexity index is 1120. The van der Waals surface area contributed by atoms with Crippen molar-refractivity contribution in [2.24, 2.45) is 0 Å². The molecule has 0 saturated heterocycles. The molecule has 0 aliphatic heterocycles. The Morgan fingerprint density at radius 2 is 1.73 bits per heavy atom. The summed E-state index contributed by atoms with van der Waals surface area (Å²) in [6.45, 7) is 5.70. The standard InChI is InChI=1S/C23H25N3O4/c1-4-14(2)16-9-7-8-12-19(16)24-22(28)15(3)30-21(27)13-20-17-10-5-6-11-18(17)23(29)26-25-20/h5-12,14-15H,4,13H2,1-3H3,(H,24,28)(H,26,29)/t14-,15-/m1/s1. The monoisotopic (exact) mass is 407 g/mol. The van der Waals surface area contributed by atoms with Crippen molar-refractivity contribution in [3.05, 3.63) is 70.1 Å². The average molecular weight is 407 g/mol. The summed E-state index contributed by atoms with van der Waals surface area (Å²) in [5.41, 5.74) is 1.82. The van der Waals surface area contributed by atoms with Crippen molar-refractivity contribution < 1.29 is 14.3 Å². The topological polar surface area (TPSA) is 101 Å². The fourth-order valence-electron chi connectivity index (χ4n) is 3.23. The molecule has 1 aromatic heterocycles. The lowest BCUT2D eigenvalue weighted by Crippen LogP contribution is -2.31. The molecule has 7 nitrogen and oxygen atoms in total. The Labute approximate surface area is 174 Å². The van der Waals surface area contributed by atoms with Crippen LogP contribution >= 0.6 is 0 Å². The summed E-state index contributed by atoms with van der Waals surface area (Å²) in [6, 6.07) is 14.5. The first-order chi connectivity index (χ1) is 14.4. The number of para-hydroxylation sites is 1. The SMILES string of the molecule is CC[C@@H](C)c1ccccc1NC(=O)[C@@H](C)OC(=O)Cc1n[nH]c(=O)c2ccccc12. The van der Waals surface area contributed by atoms with E-state index in [1.165, 1.54) is 6.92 Å². The normalized spacial score (nSPS) is 12.9. The number of H-pyrrole nitrogens is 1. The van der Waals surface area contributed by atoms with Crippen LogP contribution in [0.5, 0.6) is 0 Å². The maximum Gasteiger partial charge on any atom is 0.312 e. The zero-order chi connectivity index (χ0) is 21.7. The number of rotatable bonds is 7. The highest BCUT2D eigenvalue weighted by Gasteiger charge is 2.21. The van der Waals surface area contributed by atoms with Crippen molar-refractivity contribution in [1.82, 2.24) is 10.2 Å². The fraction of sp³-hybridized carbons (Fsp3) is 0.304. The molecule has 0 spiro atoms. The van der Waals surface area contributed by atoms with E-state index in [-0.39, 0.29) is 12.0 Å². The summed E-state index contributed by atoms with van der Waals surface area (Å²) in [6.07, 6.45) is -0.188. The Hall–Kier alpha value is -3.48. The lowest BCUT2D eigenvalue weighted by molar-refractivity contribution is -0.152. The summed E-state index contributed by atoms with van der Waals surface area (Å²) < 4.78 is 5.31. The number of amides is 1.